The van der Waals surface area contributed by atoms with Gasteiger partial charge in [0.2, 0.25) is 0 Å². The molecular formula is C19H25FN2O. The summed E-state index contributed by atoms with van der Waals surface area (Å²) in [5, 5.41) is 3.42. The molecule has 0 saturated heterocycles. The molecule has 0 unspecified atom stereocenters. The van der Waals surface area contributed by atoms with Crippen LogP contribution in [0.5, 0.6) is 5.75 Å². The van der Waals surface area contributed by atoms with E-state index in [9.17, 15) is 4.39 Å². The van der Waals surface area contributed by atoms with Gasteiger partial charge in [0, 0.05) is 0 Å². The van der Waals surface area contributed by atoms with E-state index < -0.39 is 0 Å². The van der Waals surface area contributed by atoms with Crippen LogP contribution in [0.3, 0.4) is 0 Å². The molecular weight excluding hydrogens is 291 g/mol. The zero-order valence-corrected chi connectivity index (χ0v) is 13.6. The topological polar surface area (TPSA) is 47.3 Å². The zero-order valence-electron chi connectivity index (χ0n) is 13.6. The van der Waals surface area contributed by atoms with Crippen LogP contribution in [-0.2, 0) is 12.8 Å². The Bertz CT molecular complexity index is 599. The summed E-state index contributed by atoms with van der Waals surface area (Å²) in [4.78, 5) is 0. The first kappa shape index (κ1) is 17.3. The molecule has 2 rings (SSSR count). The number of halogens is 1. The molecule has 0 bridgehead atoms. The maximum atomic E-state index is 12.8. The van der Waals surface area contributed by atoms with Gasteiger partial charge >= 0.3 is 0 Å². The molecule has 0 aromatic heterocycles. The first-order chi connectivity index (χ1) is 11.2. The Morgan fingerprint density at radius 3 is 2.43 bits per heavy atom. The van der Waals surface area contributed by atoms with Crippen LogP contribution in [0, 0.1) is 5.82 Å². The van der Waals surface area contributed by atoms with E-state index in [2.05, 4.69) is 11.4 Å². The number of anilines is 1. The number of nitrogens with two attached hydrogens (primary N) is 1. The van der Waals surface area contributed by atoms with E-state index in [4.69, 9.17) is 10.5 Å². The number of hydrogen-bond acceptors (Lipinski definition) is 3. The van der Waals surface area contributed by atoms with Crippen LogP contribution < -0.4 is 15.8 Å². The Morgan fingerprint density at radius 1 is 1.00 bits per heavy atom. The van der Waals surface area contributed by atoms with Crippen LogP contribution in [0.2, 0.25) is 0 Å². The minimum atomic E-state index is -0.184. The molecule has 4 heteroatoms. The lowest BCUT2D eigenvalue weighted by Crippen LogP contribution is -2.19. The fourth-order valence-corrected chi connectivity index (χ4v) is 2.47. The summed E-state index contributed by atoms with van der Waals surface area (Å²) in [7, 11) is 0. The average Bonchev–Trinajstić information content (AvgIpc) is 2.55. The Balaban J connectivity index is 1.63. The quantitative estimate of drug-likeness (QED) is 0.549. The highest BCUT2D eigenvalue weighted by molar-refractivity contribution is 5.54. The minimum absolute atomic E-state index is 0.184. The molecule has 0 spiro atoms. The lowest BCUT2D eigenvalue weighted by atomic mass is 10.1. The Kier molecular flexibility index (Phi) is 6.88. The predicted octanol–water partition coefficient (Wildman–Crippen LogP) is 3.57. The lowest BCUT2D eigenvalue weighted by molar-refractivity contribution is 0.342. The summed E-state index contributed by atoms with van der Waals surface area (Å²) in [5.41, 5.74) is 9.05. The molecule has 0 aliphatic heterocycles. The van der Waals surface area contributed by atoms with Crippen molar-refractivity contribution in [2.45, 2.75) is 26.2 Å². The van der Waals surface area contributed by atoms with E-state index in [-0.39, 0.29) is 5.82 Å². The van der Waals surface area contributed by atoms with Crippen LogP contribution in [0.1, 0.15) is 24.5 Å². The first-order valence-electron chi connectivity index (χ1n) is 8.15. The molecule has 0 aliphatic rings. The van der Waals surface area contributed by atoms with Crippen molar-refractivity contribution >= 4 is 5.69 Å². The van der Waals surface area contributed by atoms with Gasteiger partial charge < -0.3 is 15.8 Å². The summed E-state index contributed by atoms with van der Waals surface area (Å²) < 4.78 is 18.2. The SMILES string of the molecule is CCOc1ccc(CCCNCCc2ccc(F)cc2)cc1N. The van der Waals surface area contributed by atoms with Crippen molar-refractivity contribution in [2.24, 2.45) is 0 Å². The van der Waals surface area contributed by atoms with Gasteiger partial charge in [-0.05, 0) is 74.7 Å². The number of aryl methyl sites for hydroxylation is 1. The molecule has 0 saturated carbocycles. The minimum Gasteiger partial charge on any atom is -0.492 e. The highest BCUT2D eigenvalue weighted by Crippen LogP contribution is 2.22. The third-order valence-electron chi connectivity index (χ3n) is 3.70. The van der Waals surface area contributed by atoms with Crippen LogP contribution in [0.25, 0.3) is 0 Å². The van der Waals surface area contributed by atoms with E-state index >= 15 is 0 Å². The largest absolute Gasteiger partial charge is 0.492 e. The van der Waals surface area contributed by atoms with E-state index in [1.165, 1.54) is 17.7 Å². The molecule has 3 nitrogen and oxygen atoms in total. The molecule has 124 valence electrons. The molecule has 0 fully saturated rings. The molecule has 0 atom stereocenters. The fraction of sp³-hybridized carbons (Fsp3) is 0.368. The van der Waals surface area contributed by atoms with Gasteiger partial charge in [0.05, 0.1) is 12.3 Å². The number of nitrogens with one attached hydrogen (secondary N) is 1. The van der Waals surface area contributed by atoms with Gasteiger partial charge in [0.25, 0.3) is 0 Å². The zero-order chi connectivity index (χ0) is 16.5. The maximum Gasteiger partial charge on any atom is 0.142 e. The number of rotatable bonds is 9. The van der Waals surface area contributed by atoms with Crippen LogP contribution in [0.4, 0.5) is 10.1 Å². The molecule has 0 amide bonds. The van der Waals surface area contributed by atoms with Crippen molar-refractivity contribution in [3.05, 3.63) is 59.4 Å². The number of benzene rings is 2. The van der Waals surface area contributed by atoms with Crippen LogP contribution in [-0.4, -0.2) is 19.7 Å². The number of ether oxygens (including phenoxy) is 1. The molecule has 3 N–H and O–H groups in total. The van der Waals surface area contributed by atoms with Gasteiger partial charge in [0.15, 0.2) is 0 Å². The highest BCUT2D eigenvalue weighted by Gasteiger charge is 2.01. The Hall–Kier alpha value is -2.07. The lowest BCUT2D eigenvalue weighted by Gasteiger charge is -2.09. The number of hydrogen-bond donors (Lipinski definition) is 2. The summed E-state index contributed by atoms with van der Waals surface area (Å²) >= 11 is 0. The van der Waals surface area contributed by atoms with Gasteiger partial charge in [-0.25, -0.2) is 4.39 Å². The van der Waals surface area contributed by atoms with Crippen molar-refractivity contribution in [1.82, 2.24) is 5.32 Å². The maximum absolute atomic E-state index is 12.8. The second-order valence-electron chi connectivity index (χ2n) is 5.54. The average molecular weight is 316 g/mol. The third-order valence-corrected chi connectivity index (χ3v) is 3.70. The molecule has 0 aliphatic carbocycles. The summed E-state index contributed by atoms with van der Waals surface area (Å²) in [6.45, 7) is 4.43. The normalized spacial score (nSPS) is 10.7. The summed E-state index contributed by atoms with van der Waals surface area (Å²) in [6.07, 6.45) is 2.95. The van der Waals surface area contributed by atoms with Gasteiger partial charge in [-0.2, -0.15) is 0 Å². The monoisotopic (exact) mass is 316 g/mol. The Labute approximate surface area is 137 Å². The predicted molar refractivity (Wildman–Crippen MR) is 93.3 cm³/mol. The molecule has 0 heterocycles. The van der Waals surface area contributed by atoms with Crippen molar-refractivity contribution in [1.29, 1.82) is 0 Å². The van der Waals surface area contributed by atoms with E-state index in [1.807, 2.05) is 31.2 Å². The van der Waals surface area contributed by atoms with Gasteiger partial charge in [0.1, 0.15) is 11.6 Å². The van der Waals surface area contributed by atoms with E-state index in [0.717, 1.165) is 43.7 Å². The van der Waals surface area contributed by atoms with Crippen molar-refractivity contribution in [2.75, 3.05) is 25.4 Å². The first-order valence-corrected chi connectivity index (χ1v) is 8.15. The second kappa shape index (κ2) is 9.16. The third kappa shape index (κ3) is 5.91. The molecule has 2 aromatic rings. The van der Waals surface area contributed by atoms with Crippen molar-refractivity contribution in [3.8, 4) is 5.75 Å². The van der Waals surface area contributed by atoms with Crippen LogP contribution in [0.15, 0.2) is 42.5 Å². The van der Waals surface area contributed by atoms with Crippen molar-refractivity contribution in [3.63, 3.8) is 0 Å². The molecule has 2 aromatic carbocycles. The Morgan fingerprint density at radius 2 is 1.74 bits per heavy atom. The van der Waals surface area contributed by atoms with Gasteiger partial charge in [-0.3, -0.25) is 0 Å². The van der Waals surface area contributed by atoms with Crippen LogP contribution >= 0.6 is 0 Å². The summed E-state index contributed by atoms with van der Waals surface area (Å²) in [5.74, 6) is 0.574. The van der Waals surface area contributed by atoms with Crippen molar-refractivity contribution < 1.29 is 9.13 Å². The molecule has 23 heavy (non-hydrogen) atoms. The fourth-order valence-electron chi connectivity index (χ4n) is 2.47. The van der Waals surface area contributed by atoms with E-state index in [0.29, 0.717) is 12.3 Å². The van der Waals surface area contributed by atoms with Gasteiger partial charge in [-0.1, -0.05) is 18.2 Å². The summed E-state index contributed by atoms with van der Waals surface area (Å²) in [6, 6.07) is 12.7. The van der Waals surface area contributed by atoms with E-state index in [1.54, 1.807) is 0 Å². The van der Waals surface area contributed by atoms with Gasteiger partial charge in [-0.15, -0.1) is 0 Å². The standard InChI is InChI=1S/C19H25FN2O/c1-2-23-19-10-7-16(14-18(19)21)4-3-12-22-13-11-15-5-8-17(20)9-6-15/h5-10,14,22H,2-4,11-13,21H2,1H3. The second-order valence-corrected chi connectivity index (χ2v) is 5.54. The smallest absolute Gasteiger partial charge is 0.142 e. The molecule has 0 radical (unpaired) electrons. The number of nitrogen functional groups attached to an aromatic ring is 1. The highest BCUT2D eigenvalue weighted by atomic mass is 19.1.